The summed E-state index contributed by atoms with van der Waals surface area (Å²) in [5, 5.41) is 5.11. The zero-order valence-corrected chi connectivity index (χ0v) is 17.0. The first-order chi connectivity index (χ1) is 12.3. The quantitative estimate of drug-likeness (QED) is 0.616. The largest absolute Gasteiger partial charge is 0.452 e. The van der Waals surface area contributed by atoms with E-state index >= 15 is 0 Å². The van der Waals surface area contributed by atoms with E-state index in [9.17, 15) is 14.4 Å². The van der Waals surface area contributed by atoms with E-state index < -0.39 is 18.5 Å². The molecule has 2 N–H and O–H groups in total. The summed E-state index contributed by atoms with van der Waals surface area (Å²) in [7, 11) is 0. The van der Waals surface area contributed by atoms with Crippen molar-refractivity contribution in [1.29, 1.82) is 0 Å². The van der Waals surface area contributed by atoms with Gasteiger partial charge in [-0.15, -0.1) is 0 Å². The number of hydrogen-bond acceptors (Lipinski definition) is 4. The Balaban J connectivity index is 1.74. The van der Waals surface area contributed by atoms with Gasteiger partial charge < -0.3 is 15.4 Å². The van der Waals surface area contributed by atoms with Crippen molar-refractivity contribution in [2.45, 2.75) is 6.92 Å². The van der Waals surface area contributed by atoms with Gasteiger partial charge in [-0.2, -0.15) is 0 Å². The molecule has 0 saturated carbocycles. The Labute approximate surface area is 167 Å². The maximum absolute atomic E-state index is 11.9. The Bertz CT molecular complexity index is 822. The first-order valence-corrected chi connectivity index (χ1v) is 9.19. The highest BCUT2D eigenvalue weighted by Gasteiger charge is 2.11. The highest BCUT2D eigenvalue weighted by atomic mass is 79.9. The summed E-state index contributed by atoms with van der Waals surface area (Å²) in [6.45, 7) is 1.18. The van der Waals surface area contributed by atoms with E-state index in [0.717, 1.165) is 14.5 Å². The highest BCUT2D eigenvalue weighted by molar-refractivity contribution is 9.10. The number of halogens is 2. The first-order valence-electron chi connectivity index (χ1n) is 7.60. The molecule has 0 spiro atoms. The third kappa shape index (κ3) is 6.27. The van der Waals surface area contributed by atoms with Crippen LogP contribution in [0.4, 0.5) is 5.69 Å². The second-order valence-electron chi connectivity index (χ2n) is 5.37. The van der Waals surface area contributed by atoms with Crippen LogP contribution >= 0.6 is 31.9 Å². The summed E-state index contributed by atoms with van der Waals surface area (Å²) in [6.07, 6.45) is 0. The Morgan fingerprint density at radius 3 is 2.27 bits per heavy atom. The van der Waals surface area contributed by atoms with Crippen LogP contribution in [-0.2, 0) is 14.3 Å². The second kappa shape index (κ2) is 9.49. The highest BCUT2D eigenvalue weighted by Crippen LogP contribution is 2.19. The van der Waals surface area contributed by atoms with Gasteiger partial charge >= 0.3 is 5.97 Å². The molecule has 0 saturated heterocycles. The van der Waals surface area contributed by atoms with Crippen LogP contribution in [-0.4, -0.2) is 30.9 Å². The molecular weight excluding hydrogens is 468 g/mol. The standard InChI is InChI=1S/C18H16Br2N2O4/c1-11-8-14(20)6-7-15(11)22-16(23)9-21-17(24)10-26-18(25)12-2-4-13(19)5-3-12/h2-8H,9-10H2,1H3,(H,21,24)(H,22,23). The molecule has 2 aromatic rings. The van der Waals surface area contributed by atoms with Crippen molar-refractivity contribution in [3.8, 4) is 0 Å². The van der Waals surface area contributed by atoms with Crippen LogP contribution in [0.25, 0.3) is 0 Å². The fourth-order valence-electron chi connectivity index (χ4n) is 1.99. The van der Waals surface area contributed by atoms with Gasteiger partial charge in [0.05, 0.1) is 12.1 Å². The first kappa shape index (κ1) is 20.1. The molecule has 0 heterocycles. The molecule has 0 aliphatic carbocycles. The average Bonchev–Trinajstić information content (AvgIpc) is 2.61. The van der Waals surface area contributed by atoms with Crippen molar-refractivity contribution in [2.24, 2.45) is 0 Å². The predicted octanol–water partition coefficient (Wildman–Crippen LogP) is 3.43. The number of rotatable bonds is 6. The predicted molar refractivity (Wildman–Crippen MR) is 105 cm³/mol. The van der Waals surface area contributed by atoms with E-state index in [2.05, 4.69) is 42.5 Å². The van der Waals surface area contributed by atoms with Gasteiger partial charge in [-0.05, 0) is 55.0 Å². The fraction of sp³-hybridized carbons (Fsp3) is 0.167. The van der Waals surface area contributed by atoms with E-state index in [-0.39, 0.29) is 12.5 Å². The number of carbonyl (C=O) groups is 3. The van der Waals surface area contributed by atoms with Crippen LogP contribution in [0.3, 0.4) is 0 Å². The van der Waals surface area contributed by atoms with Gasteiger partial charge in [0.1, 0.15) is 0 Å². The molecule has 0 aromatic heterocycles. The number of carbonyl (C=O) groups excluding carboxylic acids is 3. The molecule has 2 rings (SSSR count). The van der Waals surface area contributed by atoms with Gasteiger partial charge in [-0.3, -0.25) is 9.59 Å². The molecule has 26 heavy (non-hydrogen) atoms. The molecule has 0 aliphatic rings. The van der Waals surface area contributed by atoms with E-state index in [1.807, 2.05) is 19.1 Å². The molecule has 6 nitrogen and oxygen atoms in total. The van der Waals surface area contributed by atoms with Gasteiger partial charge in [0.15, 0.2) is 6.61 Å². The number of aryl methyl sites for hydroxylation is 1. The van der Waals surface area contributed by atoms with Crippen LogP contribution in [0.1, 0.15) is 15.9 Å². The topological polar surface area (TPSA) is 84.5 Å². The Kier molecular flexibility index (Phi) is 7.35. The number of benzene rings is 2. The molecule has 0 atom stereocenters. The SMILES string of the molecule is Cc1cc(Br)ccc1NC(=O)CNC(=O)COC(=O)c1ccc(Br)cc1. The smallest absolute Gasteiger partial charge is 0.338 e. The van der Waals surface area contributed by atoms with E-state index in [4.69, 9.17) is 4.74 Å². The van der Waals surface area contributed by atoms with Gasteiger partial charge in [0.25, 0.3) is 5.91 Å². The van der Waals surface area contributed by atoms with Gasteiger partial charge in [0, 0.05) is 14.6 Å². The summed E-state index contributed by atoms with van der Waals surface area (Å²) < 4.78 is 6.65. The molecule has 8 heteroatoms. The molecule has 0 bridgehead atoms. The lowest BCUT2D eigenvalue weighted by Gasteiger charge is -2.10. The number of esters is 1. The molecule has 0 unspecified atom stereocenters. The Hall–Kier alpha value is -2.19. The lowest BCUT2D eigenvalue weighted by Crippen LogP contribution is -2.35. The van der Waals surface area contributed by atoms with Crippen LogP contribution < -0.4 is 10.6 Å². The van der Waals surface area contributed by atoms with Crippen LogP contribution in [0.2, 0.25) is 0 Å². The Morgan fingerprint density at radius 2 is 1.62 bits per heavy atom. The van der Waals surface area contributed by atoms with Crippen LogP contribution in [0.15, 0.2) is 51.4 Å². The summed E-state index contributed by atoms with van der Waals surface area (Å²) in [5.74, 6) is -1.54. The minimum absolute atomic E-state index is 0.218. The third-order valence-electron chi connectivity index (χ3n) is 3.32. The maximum Gasteiger partial charge on any atom is 0.338 e. The molecule has 2 aromatic carbocycles. The van der Waals surface area contributed by atoms with Crippen molar-refractivity contribution in [1.82, 2.24) is 5.32 Å². The monoisotopic (exact) mass is 482 g/mol. The zero-order chi connectivity index (χ0) is 19.1. The molecule has 0 fully saturated rings. The van der Waals surface area contributed by atoms with Gasteiger partial charge in [-0.25, -0.2) is 4.79 Å². The number of ether oxygens (including phenoxy) is 1. The lowest BCUT2D eigenvalue weighted by molar-refractivity contribution is -0.126. The molecule has 0 aliphatic heterocycles. The average molecular weight is 484 g/mol. The second-order valence-corrected chi connectivity index (χ2v) is 7.20. The van der Waals surface area contributed by atoms with Gasteiger partial charge in [0.2, 0.25) is 5.91 Å². The minimum Gasteiger partial charge on any atom is -0.452 e. The van der Waals surface area contributed by atoms with Crippen molar-refractivity contribution in [3.05, 3.63) is 62.5 Å². The number of nitrogens with one attached hydrogen (secondary N) is 2. The lowest BCUT2D eigenvalue weighted by atomic mass is 10.2. The summed E-state index contributed by atoms with van der Waals surface area (Å²) >= 11 is 6.61. The zero-order valence-electron chi connectivity index (χ0n) is 13.8. The molecule has 136 valence electrons. The molecular formula is C18H16Br2N2O4. The third-order valence-corrected chi connectivity index (χ3v) is 4.34. The van der Waals surface area contributed by atoms with Crippen molar-refractivity contribution < 1.29 is 19.1 Å². The Morgan fingerprint density at radius 1 is 0.962 bits per heavy atom. The summed E-state index contributed by atoms with van der Waals surface area (Å²) in [6, 6.07) is 12.0. The van der Waals surface area contributed by atoms with Gasteiger partial charge in [-0.1, -0.05) is 31.9 Å². The fourth-order valence-corrected chi connectivity index (χ4v) is 2.73. The van der Waals surface area contributed by atoms with Crippen molar-refractivity contribution in [3.63, 3.8) is 0 Å². The molecule has 2 amide bonds. The van der Waals surface area contributed by atoms with E-state index in [0.29, 0.717) is 11.3 Å². The van der Waals surface area contributed by atoms with Crippen LogP contribution in [0, 0.1) is 6.92 Å². The summed E-state index contributed by atoms with van der Waals surface area (Å²) in [5.41, 5.74) is 1.89. The van der Waals surface area contributed by atoms with E-state index in [1.54, 1.807) is 30.3 Å². The van der Waals surface area contributed by atoms with Crippen molar-refractivity contribution >= 4 is 55.3 Å². The van der Waals surface area contributed by atoms with Crippen molar-refractivity contribution in [2.75, 3.05) is 18.5 Å². The number of hydrogen-bond donors (Lipinski definition) is 2. The molecule has 0 radical (unpaired) electrons. The summed E-state index contributed by atoms with van der Waals surface area (Å²) in [4.78, 5) is 35.4. The van der Waals surface area contributed by atoms with E-state index in [1.165, 1.54) is 0 Å². The number of amides is 2. The normalized spacial score (nSPS) is 10.1. The maximum atomic E-state index is 11.9. The van der Waals surface area contributed by atoms with Crippen LogP contribution in [0.5, 0.6) is 0 Å². The minimum atomic E-state index is -0.609. The number of anilines is 1.